The summed E-state index contributed by atoms with van der Waals surface area (Å²) >= 11 is 1.03. The molecule has 0 saturated carbocycles. The number of benzene rings is 2. The van der Waals surface area contributed by atoms with Crippen LogP contribution in [0.4, 0.5) is 29.7 Å². The van der Waals surface area contributed by atoms with E-state index in [1.54, 1.807) is 25.1 Å². The monoisotopic (exact) mass is 438 g/mol. The largest absolute Gasteiger partial charge is 0.573 e. The number of ether oxygens (including phenoxy) is 1. The Morgan fingerprint density at radius 3 is 2.57 bits per heavy atom. The van der Waals surface area contributed by atoms with Crippen molar-refractivity contribution in [2.24, 2.45) is 0 Å². The first-order valence-corrected chi connectivity index (χ1v) is 9.59. The number of nitrogens with zero attached hydrogens (tertiary/aromatic N) is 1. The van der Waals surface area contributed by atoms with E-state index < -0.39 is 6.36 Å². The average molecular weight is 438 g/mol. The molecule has 0 unspecified atom stereocenters. The van der Waals surface area contributed by atoms with E-state index in [1.165, 1.54) is 12.1 Å². The van der Waals surface area contributed by atoms with E-state index >= 15 is 0 Å². The summed E-state index contributed by atoms with van der Waals surface area (Å²) in [6, 6.07) is 8.62. The number of hydrogen-bond acceptors (Lipinski definition) is 6. The van der Waals surface area contributed by atoms with Crippen LogP contribution in [0.2, 0.25) is 0 Å². The fourth-order valence-corrected chi connectivity index (χ4v) is 3.49. The Labute approximate surface area is 173 Å². The number of nitrogen functional groups attached to an aromatic ring is 1. The third kappa shape index (κ3) is 5.60. The molecular weight excluding hydrogens is 421 g/mol. The van der Waals surface area contributed by atoms with E-state index in [0.29, 0.717) is 33.6 Å². The molecule has 3 aromatic rings. The molecule has 3 rings (SSSR count). The van der Waals surface area contributed by atoms with E-state index in [1.807, 2.05) is 0 Å². The lowest BCUT2D eigenvalue weighted by Crippen LogP contribution is -2.16. The summed E-state index contributed by atoms with van der Waals surface area (Å²) in [6.07, 6.45) is -4.47. The van der Waals surface area contributed by atoms with Gasteiger partial charge in [0.15, 0.2) is 5.13 Å². The molecular formula is C19H17F3N4O3S. The van der Waals surface area contributed by atoms with Crippen LogP contribution in [0.5, 0.6) is 5.75 Å². The van der Waals surface area contributed by atoms with Gasteiger partial charge < -0.3 is 21.1 Å². The third-order valence-corrected chi connectivity index (χ3v) is 4.85. The van der Waals surface area contributed by atoms with Gasteiger partial charge in [0.25, 0.3) is 0 Å². The highest BCUT2D eigenvalue weighted by Crippen LogP contribution is 2.31. The number of carbonyl (C=O) groups is 2. The Morgan fingerprint density at radius 1 is 1.13 bits per heavy atom. The number of aromatic nitrogens is 1. The van der Waals surface area contributed by atoms with Gasteiger partial charge in [-0.1, -0.05) is 24.3 Å². The van der Waals surface area contributed by atoms with E-state index in [0.717, 1.165) is 17.4 Å². The third-order valence-electron chi connectivity index (χ3n) is 3.92. The Morgan fingerprint density at radius 2 is 1.90 bits per heavy atom. The van der Waals surface area contributed by atoms with Crippen molar-refractivity contribution in [1.82, 2.24) is 4.98 Å². The van der Waals surface area contributed by atoms with Crippen molar-refractivity contribution >= 4 is 49.9 Å². The number of nitrogens with one attached hydrogen (secondary N) is 2. The van der Waals surface area contributed by atoms with Crippen molar-refractivity contribution in [1.29, 1.82) is 0 Å². The average Bonchev–Trinajstić information content (AvgIpc) is 3.03. The summed E-state index contributed by atoms with van der Waals surface area (Å²) in [5, 5.41) is 5.53. The van der Waals surface area contributed by atoms with E-state index in [4.69, 9.17) is 5.73 Å². The SMILES string of the molecule is CCC(=O)Nc1ccc(CC(=O)Nc2nc3ccc(OC(F)(F)F)cc3s2)cc1N. The maximum atomic E-state index is 12.3. The zero-order valence-corrected chi connectivity index (χ0v) is 16.5. The van der Waals surface area contributed by atoms with Crippen LogP contribution in [0.15, 0.2) is 36.4 Å². The van der Waals surface area contributed by atoms with Crippen LogP contribution in [-0.4, -0.2) is 23.2 Å². The van der Waals surface area contributed by atoms with Crippen molar-refractivity contribution < 1.29 is 27.5 Å². The molecule has 0 aliphatic carbocycles. The first-order valence-electron chi connectivity index (χ1n) is 8.77. The standard InChI is InChI=1S/C19H17F3N4O3S/c1-2-16(27)24-13-5-3-10(7-12(13)23)8-17(28)26-18-25-14-6-4-11(9-15(14)30-18)29-19(20,21)22/h3-7,9H,2,8,23H2,1H3,(H,24,27)(H,25,26,28). The molecule has 1 aromatic heterocycles. The van der Waals surface area contributed by atoms with Crippen LogP contribution in [0.3, 0.4) is 0 Å². The van der Waals surface area contributed by atoms with Gasteiger partial charge in [0.1, 0.15) is 5.75 Å². The molecule has 2 amide bonds. The molecule has 0 atom stereocenters. The van der Waals surface area contributed by atoms with Crippen LogP contribution >= 0.6 is 11.3 Å². The summed E-state index contributed by atoms with van der Waals surface area (Å²) < 4.78 is 41.3. The minimum Gasteiger partial charge on any atom is -0.406 e. The summed E-state index contributed by atoms with van der Waals surface area (Å²) in [5.74, 6) is -0.903. The lowest BCUT2D eigenvalue weighted by Gasteiger charge is -2.09. The molecule has 2 aromatic carbocycles. The molecule has 0 saturated heterocycles. The molecule has 1 heterocycles. The van der Waals surface area contributed by atoms with Gasteiger partial charge in [0.05, 0.1) is 28.0 Å². The minimum atomic E-state index is -4.79. The van der Waals surface area contributed by atoms with Gasteiger partial charge in [-0.15, -0.1) is 13.2 Å². The number of rotatable bonds is 6. The Kier molecular flexibility index (Phi) is 6.11. The number of nitrogens with two attached hydrogens (primary N) is 1. The maximum absolute atomic E-state index is 12.3. The highest BCUT2D eigenvalue weighted by atomic mass is 32.1. The Bertz CT molecular complexity index is 1100. The maximum Gasteiger partial charge on any atom is 0.573 e. The number of amides is 2. The quantitative estimate of drug-likeness (QED) is 0.498. The van der Waals surface area contributed by atoms with Gasteiger partial charge in [-0.05, 0) is 29.8 Å². The number of carbonyl (C=O) groups excluding carboxylic acids is 2. The number of hydrogen-bond donors (Lipinski definition) is 3. The fraction of sp³-hybridized carbons (Fsp3) is 0.211. The Hall–Kier alpha value is -3.34. The zero-order valence-electron chi connectivity index (χ0n) is 15.7. The number of anilines is 3. The summed E-state index contributed by atoms with van der Waals surface area (Å²) in [4.78, 5) is 28.0. The molecule has 0 fully saturated rings. The van der Waals surface area contributed by atoms with Crippen molar-refractivity contribution in [3.05, 3.63) is 42.0 Å². The van der Waals surface area contributed by atoms with Crippen molar-refractivity contribution in [3.8, 4) is 5.75 Å². The molecule has 0 aliphatic heterocycles. The van der Waals surface area contributed by atoms with Crippen LogP contribution in [-0.2, 0) is 16.0 Å². The van der Waals surface area contributed by atoms with Gasteiger partial charge >= 0.3 is 6.36 Å². The smallest absolute Gasteiger partial charge is 0.406 e. The van der Waals surface area contributed by atoms with E-state index in [2.05, 4.69) is 20.4 Å². The number of halogens is 3. The van der Waals surface area contributed by atoms with Gasteiger partial charge in [-0.25, -0.2) is 4.98 Å². The molecule has 158 valence electrons. The minimum absolute atomic E-state index is 0.00453. The second kappa shape index (κ2) is 8.57. The van der Waals surface area contributed by atoms with Crippen molar-refractivity contribution in [3.63, 3.8) is 0 Å². The zero-order chi connectivity index (χ0) is 21.9. The van der Waals surface area contributed by atoms with Gasteiger partial charge in [-0.3, -0.25) is 9.59 Å². The predicted octanol–water partition coefficient (Wildman–Crippen LogP) is 4.31. The topological polar surface area (TPSA) is 106 Å². The van der Waals surface area contributed by atoms with Crippen LogP contribution in [0, 0.1) is 0 Å². The van der Waals surface area contributed by atoms with Crippen LogP contribution in [0.1, 0.15) is 18.9 Å². The fourth-order valence-electron chi connectivity index (χ4n) is 2.58. The van der Waals surface area contributed by atoms with Gasteiger partial charge in [-0.2, -0.15) is 0 Å². The molecule has 0 spiro atoms. The molecule has 7 nitrogen and oxygen atoms in total. The highest BCUT2D eigenvalue weighted by molar-refractivity contribution is 7.22. The molecule has 30 heavy (non-hydrogen) atoms. The summed E-state index contributed by atoms with van der Waals surface area (Å²) in [5.41, 5.74) is 7.77. The number of alkyl halides is 3. The Balaban J connectivity index is 1.66. The summed E-state index contributed by atoms with van der Waals surface area (Å²) in [6.45, 7) is 1.72. The second-order valence-electron chi connectivity index (χ2n) is 6.24. The van der Waals surface area contributed by atoms with Crippen molar-refractivity contribution in [2.75, 3.05) is 16.4 Å². The second-order valence-corrected chi connectivity index (χ2v) is 7.28. The molecule has 0 aliphatic rings. The summed E-state index contributed by atoms with van der Waals surface area (Å²) in [7, 11) is 0. The van der Waals surface area contributed by atoms with Gasteiger partial charge in [0.2, 0.25) is 11.8 Å². The van der Waals surface area contributed by atoms with E-state index in [-0.39, 0.29) is 29.1 Å². The van der Waals surface area contributed by atoms with Gasteiger partial charge in [0, 0.05) is 12.5 Å². The first kappa shape index (κ1) is 21.4. The van der Waals surface area contributed by atoms with E-state index in [9.17, 15) is 22.8 Å². The lowest BCUT2D eigenvalue weighted by atomic mass is 10.1. The number of fused-ring (bicyclic) bond motifs is 1. The van der Waals surface area contributed by atoms with Crippen LogP contribution in [0.25, 0.3) is 10.2 Å². The number of thiazole rings is 1. The normalized spacial score (nSPS) is 11.3. The van der Waals surface area contributed by atoms with Crippen molar-refractivity contribution in [2.45, 2.75) is 26.1 Å². The lowest BCUT2D eigenvalue weighted by molar-refractivity contribution is -0.274. The first-order chi connectivity index (χ1) is 14.1. The molecule has 0 radical (unpaired) electrons. The molecule has 0 bridgehead atoms. The highest BCUT2D eigenvalue weighted by Gasteiger charge is 2.31. The van der Waals surface area contributed by atoms with Crippen LogP contribution < -0.4 is 21.1 Å². The molecule has 11 heteroatoms. The predicted molar refractivity (Wildman–Crippen MR) is 108 cm³/mol. The molecule has 4 N–H and O–H groups in total.